The fraction of sp³-hybridized carbons (Fsp3) is 0.158. The first-order chi connectivity index (χ1) is 14.7. The summed E-state index contributed by atoms with van der Waals surface area (Å²) in [5, 5.41) is 12.5. The van der Waals surface area contributed by atoms with Gasteiger partial charge in [0.2, 0.25) is 0 Å². The van der Waals surface area contributed by atoms with Crippen LogP contribution in [0.1, 0.15) is 25.9 Å². The topological polar surface area (TPSA) is 93.8 Å². The van der Waals surface area contributed by atoms with Crippen molar-refractivity contribution in [3.63, 3.8) is 0 Å². The van der Waals surface area contributed by atoms with E-state index in [2.05, 4.69) is 20.8 Å². The number of rotatable bonds is 4. The fourth-order valence-electron chi connectivity index (χ4n) is 3.02. The van der Waals surface area contributed by atoms with Crippen LogP contribution < -0.4 is 10.6 Å². The number of anilines is 1. The Morgan fingerprint density at radius 2 is 1.81 bits per heavy atom. The number of amides is 2. The van der Waals surface area contributed by atoms with Gasteiger partial charge in [-0.1, -0.05) is 18.2 Å². The highest BCUT2D eigenvalue weighted by Gasteiger charge is 2.38. The van der Waals surface area contributed by atoms with Gasteiger partial charge in [-0.05, 0) is 18.2 Å². The zero-order valence-electron chi connectivity index (χ0n) is 16.2. The van der Waals surface area contributed by atoms with E-state index >= 15 is 0 Å². The Morgan fingerprint density at radius 1 is 1.10 bits per heavy atom. The molecule has 12 heteroatoms. The zero-order valence-corrected chi connectivity index (χ0v) is 17.0. The molecule has 3 heterocycles. The summed E-state index contributed by atoms with van der Waals surface area (Å²) in [6, 6.07) is 9.50. The molecule has 0 atom stereocenters. The molecule has 0 aliphatic rings. The lowest BCUT2D eigenvalue weighted by atomic mass is 10.2. The van der Waals surface area contributed by atoms with E-state index < -0.39 is 23.7 Å². The van der Waals surface area contributed by atoms with E-state index in [1.807, 2.05) is 0 Å². The van der Waals surface area contributed by atoms with E-state index in [-0.39, 0.29) is 26.5 Å². The molecule has 2 N–H and O–H groups in total. The Hall–Kier alpha value is -3.67. The van der Waals surface area contributed by atoms with Crippen molar-refractivity contribution in [2.45, 2.75) is 6.18 Å². The van der Waals surface area contributed by atoms with Gasteiger partial charge >= 0.3 is 6.18 Å². The minimum Gasteiger partial charge on any atom is -0.354 e. The van der Waals surface area contributed by atoms with E-state index in [4.69, 9.17) is 0 Å². The van der Waals surface area contributed by atoms with Crippen LogP contribution in [-0.4, -0.2) is 38.4 Å². The summed E-state index contributed by atoms with van der Waals surface area (Å²) in [6.45, 7) is 0. The zero-order chi connectivity index (χ0) is 22.3. The number of aromatic nitrogens is 4. The monoisotopic (exact) mass is 448 g/mol. The number of carbonyl (C=O) groups is 2. The van der Waals surface area contributed by atoms with Crippen LogP contribution in [0.5, 0.6) is 0 Å². The molecule has 8 nitrogen and oxygen atoms in total. The molecular weight excluding hydrogens is 433 g/mol. The minimum absolute atomic E-state index is 0.00842. The standard InChI is InChI=1S/C19H15F3N6O2S/c1-23-17(30)14-12(9-27(2)25-14)24-16(29)13-8-11-15(19(20,21)22)26-28(18(11)31-13)10-6-4-3-5-7-10/h3-9H,1-2H3,(H,23,30)(H,24,29). The van der Waals surface area contributed by atoms with Gasteiger partial charge in [-0.25, -0.2) is 4.68 Å². The quantitative estimate of drug-likeness (QED) is 0.500. The maximum atomic E-state index is 13.6. The maximum Gasteiger partial charge on any atom is 0.435 e. The summed E-state index contributed by atoms with van der Waals surface area (Å²) < 4.78 is 43.2. The summed E-state index contributed by atoms with van der Waals surface area (Å²) in [4.78, 5) is 25.0. The van der Waals surface area contributed by atoms with Crippen molar-refractivity contribution in [2.24, 2.45) is 7.05 Å². The van der Waals surface area contributed by atoms with Crippen LogP contribution >= 0.6 is 11.3 Å². The third-order valence-electron chi connectivity index (χ3n) is 4.37. The van der Waals surface area contributed by atoms with Crippen LogP contribution in [-0.2, 0) is 13.2 Å². The highest BCUT2D eigenvalue weighted by atomic mass is 32.1. The summed E-state index contributed by atoms with van der Waals surface area (Å²) in [5.41, 5.74) is -0.504. The van der Waals surface area contributed by atoms with Crippen molar-refractivity contribution in [1.82, 2.24) is 24.9 Å². The summed E-state index contributed by atoms with van der Waals surface area (Å²) in [7, 11) is 2.99. The second-order valence-electron chi connectivity index (χ2n) is 6.52. The molecule has 0 aliphatic carbocycles. The molecule has 3 aromatic heterocycles. The van der Waals surface area contributed by atoms with E-state index in [0.29, 0.717) is 5.69 Å². The number of nitrogens with zero attached hydrogens (tertiary/aromatic N) is 4. The summed E-state index contributed by atoms with van der Waals surface area (Å²) in [6.07, 6.45) is -3.26. The molecule has 0 saturated carbocycles. The molecule has 0 aliphatic heterocycles. The molecule has 31 heavy (non-hydrogen) atoms. The molecule has 1 aromatic carbocycles. The Bertz CT molecular complexity index is 1290. The predicted molar refractivity (Wildman–Crippen MR) is 109 cm³/mol. The van der Waals surface area contributed by atoms with Crippen molar-refractivity contribution < 1.29 is 22.8 Å². The van der Waals surface area contributed by atoms with Gasteiger partial charge in [0.25, 0.3) is 11.8 Å². The molecule has 0 fully saturated rings. The molecular formula is C19H15F3N6O2S. The first-order valence-corrected chi connectivity index (χ1v) is 9.73. The van der Waals surface area contributed by atoms with Gasteiger partial charge < -0.3 is 10.6 Å². The van der Waals surface area contributed by atoms with E-state index in [1.54, 1.807) is 37.4 Å². The van der Waals surface area contributed by atoms with Gasteiger partial charge in [0.15, 0.2) is 11.4 Å². The SMILES string of the molecule is CNC(=O)c1nn(C)cc1NC(=O)c1cc2c(C(F)(F)F)nn(-c3ccccc3)c2s1. The number of thiophene rings is 1. The highest BCUT2D eigenvalue weighted by molar-refractivity contribution is 7.20. The second kappa shape index (κ2) is 7.54. The number of hydrogen-bond donors (Lipinski definition) is 2. The molecule has 2 amide bonds. The molecule has 0 saturated heterocycles. The number of aryl methyl sites for hydroxylation is 1. The molecule has 4 rings (SSSR count). The van der Waals surface area contributed by atoms with Crippen LogP contribution in [0, 0.1) is 0 Å². The van der Waals surface area contributed by atoms with Crippen molar-refractivity contribution in [3.05, 3.63) is 58.9 Å². The first kappa shape index (κ1) is 20.6. The maximum absolute atomic E-state index is 13.6. The number of alkyl halides is 3. The molecule has 0 unspecified atom stereocenters. The first-order valence-electron chi connectivity index (χ1n) is 8.91. The second-order valence-corrected chi connectivity index (χ2v) is 7.55. The van der Waals surface area contributed by atoms with Crippen molar-refractivity contribution in [1.29, 1.82) is 0 Å². The van der Waals surface area contributed by atoms with Crippen molar-refractivity contribution in [2.75, 3.05) is 12.4 Å². The van der Waals surface area contributed by atoms with Gasteiger partial charge in [-0.3, -0.25) is 14.3 Å². The Kier molecular flexibility index (Phi) is 5.01. The Balaban J connectivity index is 1.77. The largest absolute Gasteiger partial charge is 0.435 e. The van der Waals surface area contributed by atoms with Gasteiger partial charge in [-0.15, -0.1) is 11.3 Å². The minimum atomic E-state index is -4.69. The number of fused-ring (bicyclic) bond motifs is 1. The molecule has 0 spiro atoms. The highest BCUT2D eigenvalue weighted by Crippen LogP contribution is 2.39. The lowest BCUT2D eigenvalue weighted by Crippen LogP contribution is -2.21. The van der Waals surface area contributed by atoms with Crippen molar-refractivity contribution >= 4 is 39.1 Å². The molecule has 0 bridgehead atoms. The lowest BCUT2D eigenvalue weighted by Gasteiger charge is -2.05. The van der Waals surface area contributed by atoms with Gasteiger partial charge in [0, 0.05) is 25.7 Å². The van der Waals surface area contributed by atoms with E-state index in [0.717, 1.165) is 17.4 Å². The summed E-state index contributed by atoms with van der Waals surface area (Å²) >= 11 is 0.871. The van der Waals surface area contributed by atoms with Crippen LogP contribution in [0.25, 0.3) is 15.9 Å². The normalized spacial score (nSPS) is 11.6. The van der Waals surface area contributed by atoms with Gasteiger partial charge in [-0.2, -0.15) is 23.4 Å². The lowest BCUT2D eigenvalue weighted by molar-refractivity contribution is -0.140. The fourth-order valence-corrected chi connectivity index (χ4v) is 4.05. The summed E-state index contributed by atoms with van der Waals surface area (Å²) in [5.74, 6) is -1.17. The Labute approximate surface area is 177 Å². The van der Waals surface area contributed by atoms with Crippen molar-refractivity contribution in [3.8, 4) is 5.69 Å². The Morgan fingerprint density at radius 3 is 2.45 bits per heavy atom. The number of para-hydroxylation sites is 1. The third-order valence-corrected chi connectivity index (χ3v) is 5.48. The number of hydrogen-bond acceptors (Lipinski definition) is 5. The van der Waals surface area contributed by atoms with Crippen LogP contribution in [0.3, 0.4) is 0 Å². The van der Waals surface area contributed by atoms with Gasteiger partial charge in [0.1, 0.15) is 4.83 Å². The molecule has 4 aromatic rings. The third kappa shape index (κ3) is 3.77. The number of halogens is 3. The smallest absolute Gasteiger partial charge is 0.354 e. The van der Waals surface area contributed by atoms with Gasteiger partial charge in [0.05, 0.1) is 16.3 Å². The van der Waals surface area contributed by atoms with E-state index in [9.17, 15) is 22.8 Å². The van der Waals surface area contributed by atoms with E-state index in [1.165, 1.54) is 22.6 Å². The van der Waals surface area contributed by atoms with Crippen LogP contribution in [0.15, 0.2) is 42.6 Å². The van der Waals surface area contributed by atoms with Crippen LogP contribution in [0.2, 0.25) is 0 Å². The predicted octanol–water partition coefficient (Wildman–Crippen LogP) is 3.45. The molecule has 160 valence electrons. The average Bonchev–Trinajstić information content (AvgIpc) is 3.40. The molecule has 0 radical (unpaired) electrons. The van der Waals surface area contributed by atoms with Crippen LogP contribution in [0.4, 0.5) is 18.9 Å². The number of benzene rings is 1. The number of carbonyl (C=O) groups excluding carboxylic acids is 2. The average molecular weight is 448 g/mol. The number of nitrogens with one attached hydrogen (secondary N) is 2.